The molecule has 1 aromatic heterocycles. The van der Waals surface area contributed by atoms with Gasteiger partial charge in [-0.1, -0.05) is 13.0 Å². The van der Waals surface area contributed by atoms with Crippen molar-refractivity contribution in [2.24, 2.45) is 0 Å². The van der Waals surface area contributed by atoms with Crippen molar-refractivity contribution in [2.75, 3.05) is 11.9 Å². The molecule has 2 heterocycles. The Kier molecular flexibility index (Phi) is 5.15. The zero-order valence-corrected chi connectivity index (χ0v) is 14.0. The van der Waals surface area contributed by atoms with E-state index in [1.807, 2.05) is 31.2 Å². The second kappa shape index (κ2) is 7.49. The van der Waals surface area contributed by atoms with E-state index in [0.29, 0.717) is 11.6 Å². The van der Waals surface area contributed by atoms with Gasteiger partial charge in [-0.2, -0.15) is 0 Å². The molecule has 1 aliphatic rings. The molecular weight excluding hydrogens is 306 g/mol. The molecule has 0 bridgehead atoms. The lowest BCUT2D eigenvalue weighted by atomic mass is 10.1. The topological polar surface area (TPSA) is 76.4 Å². The number of benzene rings is 1. The summed E-state index contributed by atoms with van der Waals surface area (Å²) in [5.41, 5.74) is 2.35. The number of hydrogen-bond acceptors (Lipinski definition) is 4. The van der Waals surface area contributed by atoms with E-state index in [-0.39, 0.29) is 18.2 Å². The lowest BCUT2D eigenvalue weighted by Gasteiger charge is -2.23. The summed E-state index contributed by atoms with van der Waals surface area (Å²) in [4.78, 5) is 16.6. The first-order valence-electron chi connectivity index (χ1n) is 8.37. The molecule has 2 amide bonds. The fourth-order valence-corrected chi connectivity index (χ4v) is 2.93. The van der Waals surface area contributed by atoms with Crippen LogP contribution in [0.4, 0.5) is 10.5 Å². The van der Waals surface area contributed by atoms with E-state index in [1.165, 1.54) is 0 Å². The van der Waals surface area contributed by atoms with Crippen LogP contribution in [-0.2, 0) is 4.74 Å². The molecule has 0 spiro atoms. The van der Waals surface area contributed by atoms with E-state index in [2.05, 4.69) is 22.5 Å². The third-order valence-corrected chi connectivity index (χ3v) is 4.16. The summed E-state index contributed by atoms with van der Waals surface area (Å²) >= 11 is 0. The third-order valence-electron chi connectivity index (χ3n) is 4.16. The minimum Gasteiger partial charge on any atom is -0.444 e. The van der Waals surface area contributed by atoms with E-state index in [1.54, 1.807) is 6.26 Å². The Hall–Kier alpha value is -2.34. The van der Waals surface area contributed by atoms with Gasteiger partial charge in [-0.3, -0.25) is 0 Å². The quantitative estimate of drug-likeness (QED) is 0.876. The summed E-state index contributed by atoms with van der Waals surface area (Å²) in [6.07, 6.45) is 4.62. The predicted octanol–water partition coefficient (Wildman–Crippen LogP) is 3.73. The Morgan fingerprint density at radius 1 is 1.46 bits per heavy atom. The molecule has 0 saturated carbocycles. The fraction of sp³-hybridized carbons (Fsp3) is 0.444. The monoisotopic (exact) mass is 329 g/mol. The van der Waals surface area contributed by atoms with Crippen molar-refractivity contribution in [2.45, 2.75) is 45.3 Å². The molecule has 0 aliphatic carbocycles. The number of urea groups is 1. The third kappa shape index (κ3) is 3.94. The molecule has 2 aromatic rings. The van der Waals surface area contributed by atoms with Crippen LogP contribution in [0.1, 0.15) is 31.9 Å². The normalized spacial score (nSPS) is 18.3. The summed E-state index contributed by atoms with van der Waals surface area (Å²) in [5.74, 6) is 0.544. The molecule has 2 atom stereocenters. The molecule has 1 aromatic carbocycles. The summed E-state index contributed by atoms with van der Waals surface area (Å²) in [6, 6.07) is 7.25. The smallest absolute Gasteiger partial charge is 0.319 e. The lowest BCUT2D eigenvalue weighted by molar-refractivity contribution is 0.0804. The number of carbonyl (C=O) groups excluding carboxylic acids is 1. The maximum Gasteiger partial charge on any atom is 0.319 e. The van der Waals surface area contributed by atoms with E-state index in [4.69, 9.17) is 9.15 Å². The van der Waals surface area contributed by atoms with Gasteiger partial charge in [0.1, 0.15) is 6.26 Å². The number of nitrogens with one attached hydrogen (secondary N) is 2. The summed E-state index contributed by atoms with van der Waals surface area (Å²) in [7, 11) is 0. The number of anilines is 1. The summed E-state index contributed by atoms with van der Waals surface area (Å²) < 4.78 is 11.1. The van der Waals surface area contributed by atoms with Gasteiger partial charge in [0.05, 0.1) is 17.8 Å². The van der Waals surface area contributed by atoms with Crippen molar-refractivity contribution in [3.05, 3.63) is 36.2 Å². The molecule has 0 radical (unpaired) electrons. The van der Waals surface area contributed by atoms with Crippen LogP contribution in [0.2, 0.25) is 0 Å². The maximum absolute atomic E-state index is 12.3. The van der Waals surface area contributed by atoms with Gasteiger partial charge in [-0.15, -0.1) is 0 Å². The minimum atomic E-state index is -0.224. The highest BCUT2D eigenvalue weighted by atomic mass is 16.5. The maximum atomic E-state index is 12.3. The van der Waals surface area contributed by atoms with Gasteiger partial charge in [0.15, 0.2) is 0 Å². The van der Waals surface area contributed by atoms with E-state index >= 15 is 0 Å². The van der Waals surface area contributed by atoms with Gasteiger partial charge in [0.2, 0.25) is 5.89 Å². The van der Waals surface area contributed by atoms with E-state index in [0.717, 1.165) is 37.1 Å². The number of aryl methyl sites for hydroxylation is 1. The number of oxazole rings is 1. The van der Waals surface area contributed by atoms with Crippen molar-refractivity contribution in [3.63, 3.8) is 0 Å². The molecule has 6 nitrogen and oxygen atoms in total. The molecule has 3 rings (SSSR count). The minimum absolute atomic E-state index is 0.0325. The number of nitrogens with zero attached hydrogens (tertiary/aromatic N) is 1. The first-order chi connectivity index (χ1) is 11.7. The Labute approximate surface area is 141 Å². The van der Waals surface area contributed by atoms with Gasteiger partial charge >= 0.3 is 6.03 Å². The Morgan fingerprint density at radius 3 is 3.00 bits per heavy atom. The van der Waals surface area contributed by atoms with E-state index < -0.39 is 0 Å². The number of rotatable bonds is 5. The van der Waals surface area contributed by atoms with Crippen molar-refractivity contribution in [1.29, 1.82) is 0 Å². The van der Waals surface area contributed by atoms with Crippen LogP contribution in [0.5, 0.6) is 0 Å². The van der Waals surface area contributed by atoms with Crippen LogP contribution in [-0.4, -0.2) is 29.8 Å². The summed E-state index contributed by atoms with van der Waals surface area (Å²) in [6.45, 7) is 4.71. The highest BCUT2D eigenvalue weighted by Gasteiger charge is 2.25. The number of aromatic nitrogens is 1. The molecule has 6 heteroatoms. The zero-order chi connectivity index (χ0) is 16.9. The SMILES string of the molecule is CC[C@@H](NC(=O)Nc1cccc(-c2nc(C)co2)c1)[C@@H]1CCCO1. The van der Waals surface area contributed by atoms with Crippen molar-refractivity contribution in [3.8, 4) is 11.5 Å². The fourth-order valence-electron chi connectivity index (χ4n) is 2.93. The van der Waals surface area contributed by atoms with Gasteiger partial charge in [0.25, 0.3) is 0 Å². The van der Waals surface area contributed by atoms with Crippen LogP contribution in [0, 0.1) is 6.92 Å². The molecule has 2 N–H and O–H groups in total. The first-order valence-corrected chi connectivity index (χ1v) is 8.37. The molecule has 128 valence electrons. The Balaban J connectivity index is 1.63. The van der Waals surface area contributed by atoms with Crippen LogP contribution in [0.25, 0.3) is 11.5 Å². The van der Waals surface area contributed by atoms with Crippen LogP contribution in [0.15, 0.2) is 34.9 Å². The summed E-state index contributed by atoms with van der Waals surface area (Å²) in [5, 5.41) is 5.88. The molecule has 0 unspecified atom stereocenters. The van der Waals surface area contributed by atoms with E-state index in [9.17, 15) is 4.79 Å². The van der Waals surface area contributed by atoms with Crippen LogP contribution in [0.3, 0.4) is 0 Å². The molecular formula is C18H23N3O3. The number of carbonyl (C=O) groups is 1. The Morgan fingerprint density at radius 2 is 2.33 bits per heavy atom. The second-order valence-corrected chi connectivity index (χ2v) is 6.04. The molecule has 1 saturated heterocycles. The standard InChI is InChI=1S/C18H23N3O3/c1-3-15(16-8-5-9-23-16)21-18(22)20-14-7-4-6-13(10-14)17-19-12(2)11-24-17/h4,6-7,10-11,15-16H,3,5,8-9H2,1-2H3,(H2,20,21,22)/t15-,16+/m1/s1. The number of ether oxygens (including phenoxy) is 1. The lowest BCUT2D eigenvalue weighted by Crippen LogP contribution is -2.44. The zero-order valence-electron chi connectivity index (χ0n) is 14.0. The molecule has 24 heavy (non-hydrogen) atoms. The number of amides is 2. The first kappa shape index (κ1) is 16.5. The second-order valence-electron chi connectivity index (χ2n) is 6.04. The van der Waals surface area contributed by atoms with Crippen molar-refractivity contribution >= 4 is 11.7 Å². The van der Waals surface area contributed by atoms with Crippen LogP contribution < -0.4 is 10.6 Å². The average Bonchev–Trinajstić information content (AvgIpc) is 3.24. The largest absolute Gasteiger partial charge is 0.444 e. The van der Waals surface area contributed by atoms with Gasteiger partial charge in [0, 0.05) is 17.9 Å². The molecule has 1 fully saturated rings. The average molecular weight is 329 g/mol. The van der Waals surface area contributed by atoms with Gasteiger partial charge in [-0.05, 0) is 44.4 Å². The highest BCUT2D eigenvalue weighted by molar-refractivity contribution is 5.90. The predicted molar refractivity (Wildman–Crippen MR) is 91.9 cm³/mol. The van der Waals surface area contributed by atoms with Crippen LogP contribution >= 0.6 is 0 Å². The van der Waals surface area contributed by atoms with Crippen molar-refractivity contribution in [1.82, 2.24) is 10.3 Å². The molecule has 1 aliphatic heterocycles. The van der Waals surface area contributed by atoms with Gasteiger partial charge < -0.3 is 19.8 Å². The van der Waals surface area contributed by atoms with Gasteiger partial charge in [-0.25, -0.2) is 9.78 Å². The highest BCUT2D eigenvalue weighted by Crippen LogP contribution is 2.22. The van der Waals surface area contributed by atoms with Crippen molar-refractivity contribution < 1.29 is 13.9 Å². The Bertz CT molecular complexity index is 692. The number of hydrogen-bond donors (Lipinski definition) is 2.